The normalized spacial score (nSPS) is 12.0. The Bertz CT molecular complexity index is 59.0. The van der Waals surface area contributed by atoms with Crippen LogP contribution in [0, 0.1) is 6.92 Å². The monoisotopic (exact) mass is 145 g/mol. The number of thioether (sulfide) groups is 1. The molecule has 0 saturated heterocycles. The maximum absolute atomic E-state index is 3.82. The Balaban J connectivity index is 3.43. The second kappa shape index (κ2) is 4.21. The fraction of sp³-hybridized carbons (Fsp3) is 0.875. The minimum atomic E-state index is 0.455. The lowest BCUT2D eigenvalue weighted by atomic mass is 10.1. The van der Waals surface area contributed by atoms with Gasteiger partial charge in [-0.2, -0.15) is 11.8 Å². The molecule has 0 nitrogen and oxygen atoms in total. The minimum Gasteiger partial charge on any atom is -0.156 e. The lowest BCUT2D eigenvalue weighted by molar-refractivity contribution is 0.627. The van der Waals surface area contributed by atoms with Crippen LogP contribution >= 0.6 is 11.8 Å². The third-order valence-corrected chi connectivity index (χ3v) is 2.53. The highest BCUT2D eigenvalue weighted by Crippen LogP contribution is 2.28. The molecular formula is C8H17S. The lowest BCUT2D eigenvalue weighted by Gasteiger charge is -2.21. The van der Waals surface area contributed by atoms with Crippen LogP contribution in [0.1, 0.15) is 33.6 Å². The zero-order valence-corrected chi connectivity index (χ0v) is 7.55. The molecule has 0 aliphatic rings. The fourth-order valence-electron chi connectivity index (χ4n) is 0.951. The lowest BCUT2D eigenvalue weighted by Crippen LogP contribution is -2.13. The summed E-state index contributed by atoms with van der Waals surface area (Å²) in [5.41, 5.74) is 0. The van der Waals surface area contributed by atoms with Crippen LogP contribution in [0.2, 0.25) is 0 Å². The molecule has 1 heteroatoms. The summed E-state index contributed by atoms with van der Waals surface area (Å²) in [5, 5.41) is 0. The molecule has 0 aromatic heterocycles. The zero-order valence-electron chi connectivity index (χ0n) is 6.74. The highest BCUT2D eigenvalue weighted by atomic mass is 32.2. The molecule has 0 atom stereocenters. The van der Waals surface area contributed by atoms with Gasteiger partial charge < -0.3 is 0 Å². The summed E-state index contributed by atoms with van der Waals surface area (Å²) < 4.78 is 0.455. The summed E-state index contributed by atoms with van der Waals surface area (Å²) in [4.78, 5) is 0. The van der Waals surface area contributed by atoms with Crippen LogP contribution in [0.25, 0.3) is 0 Å². The van der Waals surface area contributed by atoms with Crippen molar-refractivity contribution in [3.63, 3.8) is 0 Å². The van der Waals surface area contributed by atoms with Crippen LogP contribution in [0.5, 0.6) is 0 Å². The molecule has 0 aromatic carbocycles. The molecule has 0 spiro atoms. The van der Waals surface area contributed by atoms with Crippen LogP contribution in [0.15, 0.2) is 0 Å². The second-order valence-electron chi connectivity index (χ2n) is 2.86. The number of hydrogen-bond donors (Lipinski definition) is 0. The van der Waals surface area contributed by atoms with Crippen LogP contribution in [-0.4, -0.2) is 10.5 Å². The van der Waals surface area contributed by atoms with E-state index in [1.807, 2.05) is 11.8 Å². The van der Waals surface area contributed by atoms with E-state index in [-0.39, 0.29) is 0 Å². The Morgan fingerprint density at radius 3 is 2.33 bits per heavy atom. The van der Waals surface area contributed by atoms with Gasteiger partial charge in [0.2, 0.25) is 0 Å². The van der Waals surface area contributed by atoms with Crippen LogP contribution in [-0.2, 0) is 0 Å². The van der Waals surface area contributed by atoms with Crippen molar-refractivity contribution >= 4 is 11.8 Å². The maximum Gasteiger partial charge on any atom is 0.0103 e. The first kappa shape index (κ1) is 9.35. The van der Waals surface area contributed by atoms with Gasteiger partial charge in [0, 0.05) is 4.75 Å². The van der Waals surface area contributed by atoms with Crippen molar-refractivity contribution in [1.82, 2.24) is 0 Å². The van der Waals surface area contributed by atoms with E-state index >= 15 is 0 Å². The quantitative estimate of drug-likeness (QED) is 0.585. The first-order valence-corrected chi connectivity index (χ1v) is 4.54. The van der Waals surface area contributed by atoms with Crippen molar-refractivity contribution in [2.45, 2.75) is 38.4 Å². The number of rotatable bonds is 4. The molecule has 0 heterocycles. The molecule has 0 amide bonds. The smallest absolute Gasteiger partial charge is 0.0103 e. The summed E-state index contributed by atoms with van der Waals surface area (Å²) in [6, 6.07) is 0. The molecule has 9 heavy (non-hydrogen) atoms. The highest BCUT2D eigenvalue weighted by molar-refractivity contribution is 8.00. The highest BCUT2D eigenvalue weighted by Gasteiger charge is 2.14. The van der Waals surface area contributed by atoms with E-state index in [9.17, 15) is 0 Å². The van der Waals surface area contributed by atoms with Gasteiger partial charge in [-0.05, 0) is 19.1 Å². The van der Waals surface area contributed by atoms with Crippen LogP contribution in [0.3, 0.4) is 0 Å². The summed E-state index contributed by atoms with van der Waals surface area (Å²) in [5.74, 6) is 0.993. The van der Waals surface area contributed by atoms with Crippen molar-refractivity contribution in [1.29, 1.82) is 0 Å². The SMILES string of the molecule is [CH2]CSC(C)(C)CCC. The van der Waals surface area contributed by atoms with E-state index in [0.717, 1.165) is 5.75 Å². The van der Waals surface area contributed by atoms with Gasteiger partial charge in [-0.3, -0.25) is 0 Å². The molecule has 0 fully saturated rings. The van der Waals surface area contributed by atoms with Crippen molar-refractivity contribution in [2.75, 3.05) is 5.75 Å². The van der Waals surface area contributed by atoms with Crippen LogP contribution in [0.4, 0.5) is 0 Å². The van der Waals surface area contributed by atoms with Gasteiger partial charge in [0.15, 0.2) is 0 Å². The van der Waals surface area contributed by atoms with Crippen molar-refractivity contribution in [3.8, 4) is 0 Å². The van der Waals surface area contributed by atoms with Crippen LogP contribution < -0.4 is 0 Å². The van der Waals surface area contributed by atoms with E-state index < -0.39 is 0 Å². The third-order valence-electron chi connectivity index (χ3n) is 1.34. The van der Waals surface area contributed by atoms with E-state index in [4.69, 9.17) is 0 Å². The molecule has 0 saturated carbocycles. The topological polar surface area (TPSA) is 0 Å². The van der Waals surface area contributed by atoms with Crippen molar-refractivity contribution in [2.24, 2.45) is 0 Å². The predicted octanol–water partition coefficient (Wildman–Crippen LogP) is 3.13. The average molecular weight is 145 g/mol. The van der Waals surface area contributed by atoms with Gasteiger partial charge in [-0.1, -0.05) is 27.2 Å². The average Bonchev–Trinajstić information content (AvgIpc) is 1.64. The molecule has 0 rings (SSSR count). The second-order valence-corrected chi connectivity index (χ2v) is 4.66. The molecule has 0 N–H and O–H groups in total. The minimum absolute atomic E-state index is 0.455. The first-order chi connectivity index (χ1) is 4.12. The van der Waals surface area contributed by atoms with E-state index in [2.05, 4.69) is 27.7 Å². The molecule has 0 aliphatic carbocycles. The summed E-state index contributed by atoms with van der Waals surface area (Å²) in [6.45, 7) is 10.6. The summed E-state index contributed by atoms with van der Waals surface area (Å²) in [7, 11) is 0. The molecule has 1 radical (unpaired) electrons. The van der Waals surface area contributed by atoms with Crippen molar-refractivity contribution in [3.05, 3.63) is 6.92 Å². The zero-order chi connectivity index (χ0) is 7.33. The van der Waals surface area contributed by atoms with Gasteiger partial charge in [-0.15, -0.1) is 0 Å². The summed E-state index contributed by atoms with van der Waals surface area (Å²) in [6.07, 6.45) is 2.58. The van der Waals surface area contributed by atoms with Crippen molar-refractivity contribution < 1.29 is 0 Å². The Labute approximate surface area is 63.4 Å². The first-order valence-electron chi connectivity index (χ1n) is 3.55. The van der Waals surface area contributed by atoms with E-state index in [1.54, 1.807) is 0 Å². The van der Waals surface area contributed by atoms with Gasteiger partial charge in [0.1, 0.15) is 0 Å². The molecule has 0 unspecified atom stereocenters. The Morgan fingerprint density at radius 2 is 2.00 bits per heavy atom. The number of hydrogen-bond acceptors (Lipinski definition) is 1. The van der Waals surface area contributed by atoms with Gasteiger partial charge in [0.05, 0.1) is 0 Å². The Morgan fingerprint density at radius 1 is 1.44 bits per heavy atom. The maximum atomic E-state index is 3.82. The molecule has 0 aromatic rings. The molecular weight excluding hydrogens is 128 g/mol. The molecule has 0 aliphatic heterocycles. The molecule has 0 bridgehead atoms. The van der Waals surface area contributed by atoms with E-state index in [0.29, 0.717) is 4.75 Å². The Hall–Kier alpha value is 0.350. The standard InChI is InChI=1S/C8H17S/c1-5-7-8(3,4)9-6-2/h2,5-7H2,1,3-4H3. The summed E-state index contributed by atoms with van der Waals surface area (Å²) >= 11 is 1.95. The largest absolute Gasteiger partial charge is 0.156 e. The van der Waals surface area contributed by atoms with E-state index in [1.165, 1.54) is 12.8 Å². The van der Waals surface area contributed by atoms with Gasteiger partial charge in [0.25, 0.3) is 0 Å². The predicted molar refractivity (Wildman–Crippen MR) is 46.8 cm³/mol. The van der Waals surface area contributed by atoms with Gasteiger partial charge in [-0.25, -0.2) is 0 Å². The van der Waals surface area contributed by atoms with Gasteiger partial charge >= 0.3 is 0 Å². The molecule has 55 valence electrons. The Kier molecular flexibility index (Phi) is 4.37. The fourth-order valence-corrected chi connectivity index (χ4v) is 1.85. The third kappa shape index (κ3) is 4.83.